The summed E-state index contributed by atoms with van der Waals surface area (Å²) in [5.74, 6) is 0.144. The molecule has 22 heavy (non-hydrogen) atoms. The second-order valence-electron chi connectivity index (χ2n) is 5.27. The molecule has 0 amide bonds. The van der Waals surface area contributed by atoms with Crippen LogP contribution in [0.3, 0.4) is 0 Å². The van der Waals surface area contributed by atoms with Gasteiger partial charge in [0.05, 0.1) is 44.9 Å². The summed E-state index contributed by atoms with van der Waals surface area (Å²) in [7, 11) is 0. The average molecular weight is 309 g/mol. The third kappa shape index (κ3) is 3.49. The van der Waals surface area contributed by atoms with Crippen LogP contribution in [0.5, 0.6) is 0 Å². The Balaban J connectivity index is 1.67. The molecule has 2 saturated heterocycles. The molecule has 0 saturated carbocycles. The van der Waals surface area contributed by atoms with E-state index in [2.05, 4.69) is 15.0 Å². The molecule has 0 aliphatic carbocycles. The molecular weight excluding hydrogens is 290 g/mol. The van der Waals surface area contributed by atoms with Crippen LogP contribution in [0.15, 0.2) is 16.1 Å². The lowest BCUT2D eigenvalue weighted by molar-refractivity contribution is 0.0574. The molecule has 1 N–H and O–H groups in total. The number of aliphatic hydroxyl groups is 1. The van der Waals surface area contributed by atoms with Gasteiger partial charge < -0.3 is 19.5 Å². The van der Waals surface area contributed by atoms with Gasteiger partial charge in [-0.2, -0.15) is 4.98 Å². The number of morpholine rings is 1. The van der Waals surface area contributed by atoms with Gasteiger partial charge in [0, 0.05) is 13.1 Å². The number of hydrogen-bond acceptors (Lipinski definition) is 7. The van der Waals surface area contributed by atoms with E-state index in [1.807, 2.05) is 4.90 Å². The van der Waals surface area contributed by atoms with Gasteiger partial charge >= 0.3 is 5.69 Å². The smallest absolute Gasteiger partial charge is 0.352 e. The Bertz CT molecular complexity index is 584. The van der Waals surface area contributed by atoms with E-state index in [0.717, 1.165) is 13.1 Å². The van der Waals surface area contributed by atoms with E-state index in [1.165, 1.54) is 10.9 Å². The molecule has 0 bridgehead atoms. The van der Waals surface area contributed by atoms with E-state index in [-0.39, 0.29) is 24.7 Å². The molecule has 2 atom stereocenters. The quantitative estimate of drug-likeness (QED) is 0.559. The summed E-state index contributed by atoms with van der Waals surface area (Å²) < 4.78 is 12.0. The van der Waals surface area contributed by atoms with E-state index in [4.69, 9.17) is 14.6 Å². The van der Waals surface area contributed by atoms with Crippen molar-refractivity contribution in [2.75, 3.05) is 39.5 Å². The molecule has 0 unspecified atom stereocenters. The number of aromatic nitrogens is 3. The molecule has 0 aromatic carbocycles. The highest BCUT2D eigenvalue weighted by atomic mass is 16.5. The standard InChI is InChI=1S/C13H19N5O4/c19-6-11-5-10(7-22-11)18-9-15-12(16-13(18)20)14-8-17-1-3-21-4-2-17/h8-11,19H,1-7H2/t10-,11-/m0/s1. The first-order valence-corrected chi connectivity index (χ1v) is 7.30. The van der Waals surface area contributed by atoms with Gasteiger partial charge in [-0.1, -0.05) is 0 Å². The van der Waals surface area contributed by atoms with Gasteiger partial charge in [0.2, 0.25) is 0 Å². The zero-order valence-electron chi connectivity index (χ0n) is 12.2. The highest BCUT2D eigenvalue weighted by Gasteiger charge is 2.27. The van der Waals surface area contributed by atoms with Crippen LogP contribution in [-0.4, -0.2) is 76.5 Å². The number of aliphatic imine (C=N–C) groups is 1. The van der Waals surface area contributed by atoms with Gasteiger partial charge in [-0.3, -0.25) is 4.57 Å². The molecule has 3 rings (SSSR count). The Morgan fingerprint density at radius 2 is 2.27 bits per heavy atom. The van der Waals surface area contributed by atoms with Crippen molar-refractivity contribution in [3.63, 3.8) is 0 Å². The molecule has 9 nitrogen and oxygen atoms in total. The van der Waals surface area contributed by atoms with Crippen LogP contribution in [0.1, 0.15) is 12.5 Å². The van der Waals surface area contributed by atoms with Gasteiger partial charge in [-0.25, -0.2) is 14.8 Å². The fourth-order valence-electron chi connectivity index (χ4n) is 2.48. The third-order valence-electron chi connectivity index (χ3n) is 3.75. The largest absolute Gasteiger partial charge is 0.394 e. The predicted octanol–water partition coefficient (Wildman–Crippen LogP) is -1.05. The summed E-state index contributed by atoms with van der Waals surface area (Å²) in [5.41, 5.74) is -0.406. The zero-order valence-corrected chi connectivity index (χ0v) is 12.2. The van der Waals surface area contributed by atoms with Crippen LogP contribution in [0.4, 0.5) is 5.95 Å². The van der Waals surface area contributed by atoms with E-state index >= 15 is 0 Å². The number of hydrogen-bond donors (Lipinski definition) is 1. The summed E-state index contributed by atoms with van der Waals surface area (Å²) in [6.45, 7) is 3.20. The summed E-state index contributed by atoms with van der Waals surface area (Å²) in [6, 6.07) is -0.137. The van der Waals surface area contributed by atoms with Crippen LogP contribution in [0.25, 0.3) is 0 Å². The van der Waals surface area contributed by atoms with Crippen LogP contribution in [0, 0.1) is 0 Å². The van der Waals surface area contributed by atoms with Gasteiger partial charge in [0.25, 0.3) is 5.95 Å². The van der Waals surface area contributed by atoms with Gasteiger partial charge in [-0.05, 0) is 6.42 Å². The predicted molar refractivity (Wildman–Crippen MR) is 77.3 cm³/mol. The second kappa shape index (κ2) is 6.95. The summed E-state index contributed by atoms with van der Waals surface area (Å²) in [4.78, 5) is 26.2. The molecule has 2 fully saturated rings. The first-order chi connectivity index (χ1) is 10.8. The monoisotopic (exact) mass is 309 g/mol. The molecule has 0 spiro atoms. The zero-order chi connectivity index (χ0) is 15.4. The van der Waals surface area contributed by atoms with Gasteiger partial charge in [0.15, 0.2) is 0 Å². The number of nitrogens with zero attached hydrogens (tertiary/aromatic N) is 5. The van der Waals surface area contributed by atoms with Crippen LogP contribution >= 0.6 is 0 Å². The highest BCUT2D eigenvalue weighted by Crippen LogP contribution is 2.22. The fourth-order valence-corrected chi connectivity index (χ4v) is 2.48. The molecule has 3 heterocycles. The Morgan fingerprint density at radius 3 is 2.95 bits per heavy atom. The molecule has 2 aliphatic heterocycles. The Hall–Kier alpha value is -1.84. The maximum absolute atomic E-state index is 12.1. The first kappa shape index (κ1) is 15.1. The van der Waals surface area contributed by atoms with Crippen molar-refractivity contribution in [1.82, 2.24) is 19.4 Å². The van der Waals surface area contributed by atoms with Crippen molar-refractivity contribution in [2.45, 2.75) is 18.6 Å². The summed E-state index contributed by atoms with van der Waals surface area (Å²) in [6.07, 6.45) is 3.43. The molecule has 120 valence electrons. The molecule has 9 heteroatoms. The number of aliphatic hydroxyl groups excluding tert-OH is 1. The minimum Gasteiger partial charge on any atom is -0.394 e. The van der Waals surface area contributed by atoms with Crippen LogP contribution < -0.4 is 5.69 Å². The molecule has 1 aromatic heterocycles. The number of rotatable bonds is 4. The van der Waals surface area contributed by atoms with Crippen molar-refractivity contribution in [1.29, 1.82) is 0 Å². The number of ether oxygens (including phenoxy) is 2. The van der Waals surface area contributed by atoms with Crippen LogP contribution in [-0.2, 0) is 9.47 Å². The van der Waals surface area contributed by atoms with Gasteiger partial charge in [0.1, 0.15) is 6.33 Å². The lowest BCUT2D eigenvalue weighted by Gasteiger charge is -2.23. The maximum atomic E-state index is 12.1. The Labute approximate surface area is 127 Å². The fraction of sp³-hybridized carbons (Fsp3) is 0.692. The van der Waals surface area contributed by atoms with Crippen molar-refractivity contribution in [3.8, 4) is 0 Å². The first-order valence-electron chi connectivity index (χ1n) is 7.30. The minimum atomic E-state index is -0.406. The van der Waals surface area contributed by atoms with E-state index in [9.17, 15) is 4.79 Å². The van der Waals surface area contributed by atoms with E-state index in [1.54, 1.807) is 6.34 Å². The second-order valence-corrected chi connectivity index (χ2v) is 5.27. The van der Waals surface area contributed by atoms with Crippen molar-refractivity contribution in [2.24, 2.45) is 4.99 Å². The minimum absolute atomic E-state index is 0.0476. The molecule has 2 aliphatic rings. The van der Waals surface area contributed by atoms with E-state index in [0.29, 0.717) is 26.2 Å². The van der Waals surface area contributed by atoms with Gasteiger partial charge in [-0.15, -0.1) is 0 Å². The average Bonchev–Trinajstić information content (AvgIpc) is 3.03. The summed E-state index contributed by atoms with van der Waals surface area (Å²) in [5, 5.41) is 9.06. The normalized spacial score (nSPS) is 26.0. The highest BCUT2D eigenvalue weighted by molar-refractivity contribution is 5.58. The van der Waals surface area contributed by atoms with Crippen molar-refractivity contribution < 1.29 is 14.6 Å². The SMILES string of the molecule is O=c1nc(N=CN2CCOCC2)ncn1[C@@H]1CO[C@H](CO)C1. The molecule has 1 aromatic rings. The molecular formula is C13H19N5O4. The topological polar surface area (TPSA) is 102 Å². The van der Waals surface area contributed by atoms with Crippen molar-refractivity contribution >= 4 is 12.3 Å². The Kier molecular flexibility index (Phi) is 4.76. The maximum Gasteiger partial charge on any atom is 0.352 e. The van der Waals surface area contributed by atoms with Crippen LogP contribution in [0.2, 0.25) is 0 Å². The lowest BCUT2D eigenvalue weighted by atomic mass is 10.2. The Morgan fingerprint density at radius 1 is 1.45 bits per heavy atom. The molecule has 0 radical (unpaired) electrons. The third-order valence-corrected chi connectivity index (χ3v) is 3.75. The van der Waals surface area contributed by atoms with E-state index < -0.39 is 5.69 Å². The summed E-state index contributed by atoms with van der Waals surface area (Å²) >= 11 is 0. The lowest BCUT2D eigenvalue weighted by Crippen LogP contribution is -2.35. The van der Waals surface area contributed by atoms with Crippen molar-refractivity contribution in [3.05, 3.63) is 16.8 Å².